The summed E-state index contributed by atoms with van der Waals surface area (Å²) in [6, 6.07) is 13.6. The number of sulfonamides is 1. The second kappa shape index (κ2) is 9.38. The summed E-state index contributed by atoms with van der Waals surface area (Å²) in [7, 11) is -0.869. The van der Waals surface area contributed by atoms with Crippen LogP contribution in [-0.2, 0) is 21.2 Å². The summed E-state index contributed by atoms with van der Waals surface area (Å²) in [4.78, 5) is 13.1. The smallest absolute Gasteiger partial charge is 0.244 e. The van der Waals surface area contributed by atoms with Crippen molar-refractivity contribution < 1.29 is 22.7 Å². The molecule has 0 aliphatic rings. The van der Waals surface area contributed by atoms with Crippen LogP contribution < -0.4 is 19.1 Å². The fraction of sp³-hybridized carbons (Fsp3) is 0.409. The molecule has 30 heavy (non-hydrogen) atoms. The van der Waals surface area contributed by atoms with Crippen molar-refractivity contribution in [3.63, 3.8) is 0 Å². The van der Waals surface area contributed by atoms with Gasteiger partial charge >= 0.3 is 0 Å². The van der Waals surface area contributed by atoms with Crippen LogP contribution in [0.3, 0.4) is 0 Å². The zero-order valence-corrected chi connectivity index (χ0v) is 19.1. The van der Waals surface area contributed by atoms with E-state index in [2.05, 4.69) is 5.32 Å². The molecule has 8 heteroatoms. The summed E-state index contributed by atoms with van der Waals surface area (Å²) >= 11 is 0. The average Bonchev–Trinajstić information content (AvgIpc) is 2.66. The van der Waals surface area contributed by atoms with E-state index >= 15 is 0 Å². The Labute approximate surface area is 179 Å². The second-order valence-corrected chi connectivity index (χ2v) is 9.67. The summed E-state index contributed by atoms with van der Waals surface area (Å²) in [5.41, 5.74) is 0.738. The largest absolute Gasteiger partial charge is 0.497 e. The minimum Gasteiger partial charge on any atom is -0.497 e. The Kier molecular flexibility index (Phi) is 7.36. The predicted octanol–water partition coefficient (Wildman–Crippen LogP) is 3.00. The van der Waals surface area contributed by atoms with Crippen molar-refractivity contribution in [3.05, 3.63) is 54.1 Å². The number of ether oxygens (including phenoxy) is 2. The molecule has 0 saturated heterocycles. The van der Waals surface area contributed by atoms with Gasteiger partial charge in [0.25, 0.3) is 0 Å². The Hall–Kier alpha value is -2.74. The number of nitrogens with zero attached hydrogens (tertiary/aromatic N) is 1. The van der Waals surface area contributed by atoms with Gasteiger partial charge in [0.2, 0.25) is 15.9 Å². The number of hydrogen-bond acceptors (Lipinski definition) is 5. The van der Waals surface area contributed by atoms with Crippen LogP contribution in [-0.4, -0.2) is 46.4 Å². The molecule has 164 valence electrons. The van der Waals surface area contributed by atoms with E-state index in [-0.39, 0.29) is 5.69 Å². The minimum absolute atomic E-state index is 0.239. The lowest BCUT2D eigenvalue weighted by Gasteiger charge is -2.33. The fourth-order valence-electron chi connectivity index (χ4n) is 3.34. The maximum Gasteiger partial charge on any atom is 0.244 e. The number of nitrogens with one attached hydrogen (secondary N) is 1. The van der Waals surface area contributed by atoms with Crippen molar-refractivity contribution in [2.45, 2.75) is 38.8 Å². The third-order valence-electron chi connectivity index (χ3n) is 4.66. The monoisotopic (exact) mass is 434 g/mol. The van der Waals surface area contributed by atoms with E-state index < -0.39 is 27.5 Å². The van der Waals surface area contributed by atoms with Crippen LogP contribution in [0.4, 0.5) is 5.69 Å². The third kappa shape index (κ3) is 5.89. The maximum absolute atomic E-state index is 13.1. The van der Waals surface area contributed by atoms with Crippen molar-refractivity contribution >= 4 is 21.6 Å². The number of rotatable bonds is 9. The van der Waals surface area contributed by atoms with E-state index in [1.165, 1.54) is 14.2 Å². The molecule has 2 aromatic rings. The quantitative estimate of drug-likeness (QED) is 0.656. The van der Waals surface area contributed by atoms with Crippen molar-refractivity contribution in [3.8, 4) is 11.5 Å². The number of hydrogen-bond donors (Lipinski definition) is 1. The molecule has 1 N–H and O–H groups in total. The van der Waals surface area contributed by atoms with Crippen LogP contribution in [0.2, 0.25) is 0 Å². The Bertz CT molecular complexity index is 974. The van der Waals surface area contributed by atoms with Crippen molar-refractivity contribution in [2.24, 2.45) is 0 Å². The normalized spacial score (nSPS) is 12.7. The third-order valence-corrected chi connectivity index (χ3v) is 5.89. The van der Waals surface area contributed by atoms with Crippen LogP contribution in [0.5, 0.6) is 11.5 Å². The maximum atomic E-state index is 13.1. The van der Waals surface area contributed by atoms with E-state index in [1.807, 2.05) is 44.2 Å². The molecule has 1 amide bonds. The van der Waals surface area contributed by atoms with Crippen molar-refractivity contribution in [1.82, 2.24) is 5.32 Å². The highest BCUT2D eigenvalue weighted by Gasteiger charge is 2.34. The Balaban J connectivity index is 2.34. The molecular weight excluding hydrogens is 404 g/mol. The molecule has 0 aliphatic heterocycles. The Morgan fingerprint density at radius 3 is 2.27 bits per heavy atom. The molecule has 2 rings (SSSR count). The molecule has 0 aromatic heterocycles. The van der Waals surface area contributed by atoms with Gasteiger partial charge in [0, 0.05) is 11.6 Å². The Morgan fingerprint density at radius 2 is 1.73 bits per heavy atom. The first-order valence-electron chi connectivity index (χ1n) is 9.56. The summed E-state index contributed by atoms with van der Waals surface area (Å²) < 4.78 is 36.9. The first-order valence-corrected chi connectivity index (χ1v) is 11.4. The lowest BCUT2D eigenvalue weighted by Crippen LogP contribution is -2.54. The lowest BCUT2D eigenvalue weighted by atomic mass is 9.94. The molecule has 0 aliphatic carbocycles. The molecule has 0 spiro atoms. The molecule has 0 radical (unpaired) electrons. The summed E-state index contributed by atoms with van der Waals surface area (Å²) in [5.74, 6) is 0.368. The fourth-order valence-corrected chi connectivity index (χ4v) is 4.51. The molecule has 0 fully saturated rings. The van der Waals surface area contributed by atoms with E-state index in [0.29, 0.717) is 17.9 Å². The SMILES string of the molecule is COc1ccc(OC)c(N([C@@H](C)C(=O)NC(C)(C)Cc2ccccc2)S(C)(=O)=O)c1. The molecule has 7 nitrogen and oxygen atoms in total. The number of benzene rings is 2. The van der Waals surface area contributed by atoms with Gasteiger partial charge in [-0.1, -0.05) is 30.3 Å². The van der Waals surface area contributed by atoms with Gasteiger partial charge in [-0.15, -0.1) is 0 Å². The summed E-state index contributed by atoms with van der Waals surface area (Å²) in [6.45, 7) is 5.36. The van der Waals surface area contributed by atoms with Gasteiger partial charge in [-0.05, 0) is 44.9 Å². The molecule has 0 bridgehead atoms. The zero-order chi connectivity index (χ0) is 22.5. The van der Waals surface area contributed by atoms with Gasteiger partial charge in [0.15, 0.2) is 0 Å². The number of methoxy groups -OCH3 is 2. The number of amides is 1. The van der Waals surface area contributed by atoms with Crippen LogP contribution in [0.15, 0.2) is 48.5 Å². The van der Waals surface area contributed by atoms with E-state index in [4.69, 9.17) is 9.47 Å². The highest BCUT2D eigenvalue weighted by molar-refractivity contribution is 7.92. The van der Waals surface area contributed by atoms with Gasteiger partial charge < -0.3 is 14.8 Å². The van der Waals surface area contributed by atoms with E-state index in [1.54, 1.807) is 25.1 Å². The van der Waals surface area contributed by atoms with E-state index in [9.17, 15) is 13.2 Å². The van der Waals surface area contributed by atoms with E-state index in [0.717, 1.165) is 16.1 Å². The number of anilines is 1. The first kappa shape index (κ1) is 23.5. The van der Waals surface area contributed by atoms with Gasteiger partial charge in [-0.2, -0.15) is 0 Å². The van der Waals surface area contributed by atoms with Crippen molar-refractivity contribution in [2.75, 3.05) is 24.8 Å². The molecule has 0 saturated carbocycles. The predicted molar refractivity (Wildman–Crippen MR) is 119 cm³/mol. The second-order valence-electron chi connectivity index (χ2n) is 7.81. The van der Waals surface area contributed by atoms with Crippen molar-refractivity contribution in [1.29, 1.82) is 0 Å². The lowest BCUT2D eigenvalue weighted by molar-refractivity contribution is -0.123. The molecule has 1 atom stereocenters. The molecular formula is C22H30N2O5S. The standard InChI is InChI=1S/C22H30N2O5S/c1-16(21(25)23-22(2,3)15-17-10-8-7-9-11-17)24(30(6,26)27)19-14-18(28-4)12-13-20(19)29-5/h7-14,16H,15H2,1-6H3,(H,23,25)/t16-/m0/s1. The van der Waals surface area contributed by atoms with Gasteiger partial charge in [0.1, 0.15) is 17.5 Å². The molecule has 2 aromatic carbocycles. The first-order chi connectivity index (χ1) is 14.0. The number of carbonyl (C=O) groups excluding carboxylic acids is 1. The zero-order valence-electron chi connectivity index (χ0n) is 18.3. The van der Waals surface area contributed by atoms with Gasteiger partial charge in [-0.3, -0.25) is 9.10 Å². The topological polar surface area (TPSA) is 84.9 Å². The number of carbonyl (C=O) groups is 1. The highest BCUT2D eigenvalue weighted by Crippen LogP contribution is 2.35. The summed E-state index contributed by atoms with van der Waals surface area (Å²) in [5, 5.41) is 2.98. The molecule has 0 heterocycles. The van der Waals surface area contributed by atoms with Crippen LogP contribution in [0.25, 0.3) is 0 Å². The van der Waals surface area contributed by atoms with Crippen LogP contribution in [0, 0.1) is 0 Å². The Morgan fingerprint density at radius 1 is 1.10 bits per heavy atom. The van der Waals surface area contributed by atoms with Crippen LogP contribution in [0.1, 0.15) is 26.3 Å². The molecule has 0 unspecified atom stereocenters. The van der Waals surface area contributed by atoms with Crippen LogP contribution >= 0.6 is 0 Å². The van der Waals surface area contributed by atoms with Gasteiger partial charge in [-0.25, -0.2) is 8.42 Å². The average molecular weight is 435 g/mol. The highest BCUT2D eigenvalue weighted by atomic mass is 32.2. The van der Waals surface area contributed by atoms with Gasteiger partial charge in [0.05, 0.1) is 26.2 Å². The minimum atomic E-state index is -3.80. The summed E-state index contributed by atoms with van der Waals surface area (Å²) in [6.07, 6.45) is 1.67.